The minimum atomic E-state index is -0.890. The molecule has 1 amide bonds. The van der Waals surface area contributed by atoms with Crippen LogP contribution in [0.15, 0.2) is 72.8 Å². The lowest BCUT2D eigenvalue weighted by atomic mass is 9.88. The Labute approximate surface area is 201 Å². The zero-order chi connectivity index (χ0) is 23.9. The molecule has 35 heavy (non-hydrogen) atoms. The minimum Gasteiger partial charge on any atom is -0.467 e. The first-order valence-corrected chi connectivity index (χ1v) is 11.3. The third-order valence-electron chi connectivity index (χ3n) is 6.48. The van der Waals surface area contributed by atoms with Gasteiger partial charge < -0.3 is 23.9 Å². The summed E-state index contributed by atoms with van der Waals surface area (Å²) in [6.45, 7) is 0.131. The molecule has 6 rings (SSSR count). The highest BCUT2D eigenvalue weighted by Gasteiger charge is 2.45. The van der Waals surface area contributed by atoms with Crippen molar-refractivity contribution in [2.45, 2.75) is 18.5 Å². The molecule has 0 unspecified atom stereocenters. The molecule has 2 aliphatic rings. The van der Waals surface area contributed by atoms with E-state index in [4.69, 9.17) is 18.9 Å². The van der Waals surface area contributed by atoms with Gasteiger partial charge in [-0.05, 0) is 41.5 Å². The lowest BCUT2D eigenvalue weighted by Gasteiger charge is -2.40. The van der Waals surface area contributed by atoms with Crippen molar-refractivity contribution < 1.29 is 28.5 Å². The highest BCUT2D eigenvalue weighted by Crippen LogP contribution is 2.44. The highest BCUT2D eigenvalue weighted by atomic mass is 16.7. The summed E-state index contributed by atoms with van der Waals surface area (Å²) >= 11 is 0. The number of rotatable bonds is 3. The van der Waals surface area contributed by atoms with E-state index >= 15 is 0 Å². The summed E-state index contributed by atoms with van der Waals surface area (Å²) in [7, 11) is 1.32. The number of fused-ring (bicyclic) bond motifs is 4. The molecule has 0 saturated heterocycles. The van der Waals surface area contributed by atoms with Crippen LogP contribution < -0.4 is 14.2 Å². The summed E-state index contributed by atoms with van der Waals surface area (Å²) in [5.74, 6) is 1.07. The molecular weight excluding hydrogens is 448 g/mol. The van der Waals surface area contributed by atoms with Crippen molar-refractivity contribution in [1.29, 1.82) is 0 Å². The van der Waals surface area contributed by atoms with Gasteiger partial charge in [-0.3, -0.25) is 4.90 Å². The summed E-state index contributed by atoms with van der Waals surface area (Å²) in [6, 6.07) is 20.6. The average molecular weight is 470 g/mol. The molecule has 0 fully saturated rings. The zero-order valence-electron chi connectivity index (χ0n) is 18.9. The third kappa shape index (κ3) is 3.54. The molecular formula is C27H22N2O6. The Kier molecular flexibility index (Phi) is 5.06. The van der Waals surface area contributed by atoms with Gasteiger partial charge in [0.05, 0.1) is 7.11 Å². The molecule has 4 aromatic rings. The van der Waals surface area contributed by atoms with Crippen LogP contribution in [0.2, 0.25) is 0 Å². The first-order valence-electron chi connectivity index (χ1n) is 11.3. The second kappa shape index (κ2) is 8.39. The first kappa shape index (κ1) is 21.1. The van der Waals surface area contributed by atoms with Crippen LogP contribution in [0.25, 0.3) is 10.9 Å². The largest absolute Gasteiger partial charge is 0.467 e. The number of carbonyl (C=O) groups is 2. The topological polar surface area (TPSA) is 90.1 Å². The molecule has 2 atom stereocenters. The van der Waals surface area contributed by atoms with Crippen molar-refractivity contribution in [2.75, 3.05) is 13.9 Å². The molecule has 1 N–H and O–H groups in total. The predicted molar refractivity (Wildman–Crippen MR) is 127 cm³/mol. The van der Waals surface area contributed by atoms with Crippen LogP contribution in [0, 0.1) is 0 Å². The lowest BCUT2D eigenvalue weighted by Crippen LogP contribution is -2.52. The van der Waals surface area contributed by atoms with E-state index in [-0.39, 0.29) is 13.2 Å². The van der Waals surface area contributed by atoms with Crippen LogP contribution in [0.1, 0.15) is 22.9 Å². The Morgan fingerprint density at radius 1 is 0.971 bits per heavy atom. The molecule has 0 saturated carbocycles. The van der Waals surface area contributed by atoms with Crippen molar-refractivity contribution in [2.24, 2.45) is 0 Å². The molecule has 8 heteroatoms. The van der Waals surface area contributed by atoms with E-state index in [1.807, 2.05) is 48.5 Å². The average Bonchev–Trinajstić information content (AvgIpc) is 3.51. The Morgan fingerprint density at radius 3 is 2.57 bits per heavy atom. The number of methoxy groups -OCH3 is 1. The lowest BCUT2D eigenvalue weighted by molar-refractivity contribution is -0.147. The molecule has 0 radical (unpaired) electrons. The number of esters is 1. The maximum atomic E-state index is 13.7. The molecule has 0 bridgehead atoms. The van der Waals surface area contributed by atoms with Crippen LogP contribution >= 0.6 is 0 Å². The number of aromatic amines is 1. The number of amides is 1. The number of carbonyl (C=O) groups excluding carboxylic acids is 2. The van der Waals surface area contributed by atoms with E-state index in [1.165, 1.54) is 12.0 Å². The summed E-state index contributed by atoms with van der Waals surface area (Å²) < 4.78 is 21.9. The van der Waals surface area contributed by atoms with E-state index in [1.54, 1.807) is 24.3 Å². The molecule has 3 aromatic carbocycles. The van der Waals surface area contributed by atoms with E-state index in [0.29, 0.717) is 17.2 Å². The molecule has 1 aromatic heterocycles. The molecule has 0 aliphatic carbocycles. The fourth-order valence-corrected chi connectivity index (χ4v) is 4.90. The van der Waals surface area contributed by atoms with Gasteiger partial charge in [-0.25, -0.2) is 9.59 Å². The van der Waals surface area contributed by atoms with Crippen LogP contribution in [-0.4, -0.2) is 41.9 Å². The van der Waals surface area contributed by atoms with Gasteiger partial charge in [0.1, 0.15) is 17.8 Å². The van der Waals surface area contributed by atoms with Crippen LogP contribution in [0.4, 0.5) is 4.79 Å². The second-order valence-electron chi connectivity index (χ2n) is 8.41. The van der Waals surface area contributed by atoms with E-state index in [2.05, 4.69) is 4.98 Å². The maximum Gasteiger partial charge on any atom is 0.416 e. The molecule has 2 aliphatic heterocycles. The van der Waals surface area contributed by atoms with Crippen LogP contribution in [-0.2, 0) is 16.0 Å². The Morgan fingerprint density at radius 2 is 1.74 bits per heavy atom. The Bertz CT molecular complexity index is 1430. The number of ether oxygens (including phenoxy) is 4. The number of para-hydroxylation sites is 2. The van der Waals surface area contributed by atoms with Crippen LogP contribution in [0.5, 0.6) is 17.2 Å². The molecule has 176 valence electrons. The van der Waals surface area contributed by atoms with Crippen molar-refractivity contribution in [3.63, 3.8) is 0 Å². The molecule has 3 heterocycles. The van der Waals surface area contributed by atoms with Gasteiger partial charge in [0.15, 0.2) is 11.5 Å². The number of nitrogens with zero attached hydrogens (tertiary/aromatic N) is 1. The SMILES string of the molecule is COC(=O)[C@@H]1Cc2c([nH]c3ccccc23)[C@H](c2ccc3c(c2)OCO3)N1C(=O)Oc1ccccc1. The van der Waals surface area contributed by atoms with Crippen molar-refractivity contribution in [1.82, 2.24) is 9.88 Å². The number of hydrogen-bond acceptors (Lipinski definition) is 6. The molecule has 8 nitrogen and oxygen atoms in total. The summed E-state index contributed by atoms with van der Waals surface area (Å²) in [6.07, 6.45) is -0.365. The molecule has 0 spiro atoms. The maximum absolute atomic E-state index is 13.7. The van der Waals surface area contributed by atoms with E-state index in [0.717, 1.165) is 27.7 Å². The standard InChI is InChI=1S/C27H22N2O6/c1-32-26(30)21-14-19-18-9-5-6-10-20(18)28-24(19)25(16-11-12-22-23(13-16)34-15-33-22)29(21)27(31)35-17-7-3-2-4-8-17/h2-13,21,25,28H,14-15H2,1H3/t21-,25-/m0/s1. The van der Waals surface area contributed by atoms with Gasteiger partial charge in [0.25, 0.3) is 0 Å². The summed E-state index contributed by atoms with van der Waals surface area (Å²) in [5.41, 5.74) is 3.45. The third-order valence-corrected chi connectivity index (χ3v) is 6.48. The van der Waals surface area contributed by atoms with E-state index < -0.39 is 24.1 Å². The Hall–Kier alpha value is -4.46. The van der Waals surface area contributed by atoms with Crippen molar-refractivity contribution in [3.05, 3.63) is 89.6 Å². The fraction of sp³-hybridized carbons (Fsp3) is 0.185. The quantitative estimate of drug-likeness (QED) is 0.441. The van der Waals surface area contributed by atoms with Crippen molar-refractivity contribution >= 4 is 23.0 Å². The smallest absolute Gasteiger partial charge is 0.416 e. The van der Waals surface area contributed by atoms with Crippen molar-refractivity contribution in [3.8, 4) is 17.2 Å². The predicted octanol–water partition coefficient (Wildman–Crippen LogP) is 4.58. The zero-order valence-corrected chi connectivity index (χ0v) is 18.9. The number of hydrogen-bond donors (Lipinski definition) is 1. The van der Waals surface area contributed by atoms with Crippen LogP contribution in [0.3, 0.4) is 0 Å². The normalized spacial score (nSPS) is 18.3. The summed E-state index contributed by atoms with van der Waals surface area (Å²) in [4.78, 5) is 31.6. The van der Waals surface area contributed by atoms with Gasteiger partial charge in [0, 0.05) is 23.0 Å². The number of benzene rings is 3. The van der Waals surface area contributed by atoms with E-state index in [9.17, 15) is 9.59 Å². The monoisotopic (exact) mass is 470 g/mol. The minimum absolute atomic E-state index is 0.131. The first-order chi connectivity index (χ1) is 17.1. The van der Waals surface area contributed by atoms with Gasteiger partial charge in [0.2, 0.25) is 6.79 Å². The fourth-order valence-electron chi connectivity index (χ4n) is 4.90. The summed E-state index contributed by atoms with van der Waals surface area (Å²) in [5, 5.41) is 0.998. The highest BCUT2D eigenvalue weighted by molar-refractivity contribution is 5.90. The van der Waals surface area contributed by atoms with Gasteiger partial charge >= 0.3 is 12.1 Å². The number of nitrogens with one attached hydrogen (secondary N) is 1. The van der Waals surface area contributed by atoms with Gasteiger partial charge in [-0.15, -0.1) is 0 Å². The number of aromatic nitrogens is 1. The second-order valence-corrected chi connectivity index (χ2v) is 8.41. The Balaban J connectivity index is 1.53. The number of H-pyrrole nitrogens is 1. The van der Waals surface area contributed by atoms with Gasteiger partial charge in [-0.2, -0.15) is 0 Å². The van der Waals surface area contributed by atoms with Gasteiger partial charge in [-0.1, -0.05) is 42.5 Å².